The standard InChI is InChI=1S/C14H15BrClN3/c1-3-19(4-2)14-17-12(11(15)13(16)18-14)10-8-6-5-7-9-10/h5-9H,3-4H2,1-2H3. The quantitative estimate of drug-likeness (QED) is 0.772. The fourth-order valence-electron chi connectivity index (χ4n) is 1.84. The summed E-state index contributed by atoms with van der Waals surface area (Å²) in [5.41, 5.74) is 1.84. The summed E-state index contributed by atoms with van der Waals surface area (Å²) in [5.74, 6) is 0.664. The van der Waals surface area contributed by atoms with E-state index in [0.717, 1.165) is 28.8 Å². The van der Waals surface area contributed by atoms with Gasteiger partial charge in [0.05, 0.1) is 10.2 Å². The maximum absolute atomic E-state index is 6.20. The molecule has 1 heterocycles. The van der Waals surface area contributed by atoms with Gasteiger partial charge in [0.1, 0.15) is 5.15 Å². The second kappa shape index (κ2) is 6.35. The smallest absolute Gasteiger partial charge is 0.227 e. The van der Waals surface area contributed by atoms with Crippen LogP contribution >= 0.6 is 27.5 Å². The van der Waals surface area contributed by atoms with Crippen LogP contribution in [-0.2, 0) is 0 Å². The maximum Gasteiger partial charge on any atom is 0.227 e. The molecule has 0 N–H and O–H groups in total. The summed E-state index contributed by atoms with van der Waals surface area (Å²) >= 11 is 9.67. The average molecular weight is 341 g/mol. The van der Waals surface area contributed by atoms with Crippen LogP contribution in [0.3, 0.4) is 0 Å². The van der Waals surface area contributed by atoms with E-state index in [2.05, 4.69) is 44.6 Å². The molecule has 0 fully saturated rings. The molecule has 0 saturated carbocycles. The number of rotatable bonds is 4. The first-order chi connectivity index (χ1) is 9.17. The van der Waals surface area contributed by atoms with E-state index in [1.54, 1.807) is 0 Å². The number of benzene rings is 1. The predicted molar refractivity (Wildman–Crippen MR) is 83.7 cm³/mol. The Morgan fingerprint density at radius 1 is 1.11 bits per heavy atom. The van der Waals surface area contributed by atoms with Crippen molar-refractivity contribution >= 4 is 33.5 Å². The Morgan fingerprint density at radius 3 is 2.32 bits per heavy atom. The van der Waals surface area contributed by atoms with E-state index in [4.69, 9.17) is 11.6 Å². The highest BCUT2D eigenvalue weighted by molar-refractivity contribution is 9.10. The van der Waals surface area contributed by atoms with Crippen LogP contribution in [0.25, 0.3) is 11.3 Å². The summed E-state index contributed by atoms with van der Waals surface area (Å²) in [6.45, 7) is 5.85. The molecule has 2 rings (SSSR count). The van der Waals surface area contributed by atoms with Crippen molar-refractivity contribution in [3.63, 3.8) is 0 Å². The molecule has 0 amide bonds. The lowest BCUT2D eigenvalue weighted by Crippen LogP contribution is -2.24. The first-order valence-corrected chi connectivity index (χ1v) is 7.37. The van der Waals surface area contributed by atoms with E-state index in [1.165, 1.54) is 0 Å². The molecular weight excluding hydrogens is 326 g/mol. The molecule has 0 aliphatic carbocycles. The molecular formula is C14H15BrClN3. The Kier molecular flexibility index (Phi) is 4.77. The zero-order chi connectivity index (χ0) is 13.8. The van der Waals surface area contributed by atoms with Crippen LogP contribution < -0.4 is 4.90 Å². The summed E-state index contributed by atoms with van der Waals surface area (Å²) < 4.78 is 0.733. The zero-order valence-corrected chi connectivity index (χ0v) is 13.2. The topological polar surface area (TPSA) is 29.0 Å². The van der Waals surface area contributed by atoms with Crippen LogP contribution in [0.1, 0.15) is 13.8 Å². The highest BCUT2D eigenvalue weighted by Gasteiger charge is 2.15. The van der Waals surface area contributed by atoms with Gasteiger partial charge >= 0.3 is 0 Å². The first-order valence-electron chi connectivity index (χ1n) is 6.20. The van der Waals surface area contributed by atoms with Crippen molar-refractivity contribution in [1.82, 2.24) is 9.97 Å². The normalized spacial score (nSPS) is 10.5. The minimum absolute atomic E-state index is 0.441. The van der Waals surface area contributed by atoms with Crippen molar-refractivity contribution in [3.8, 4) is 11.3 Å². The van der Waals surface area contributed by atoms with Gasteiger partial charge in [-0.05, 0) is 29.8 Å². The highest BCUT2D eigenvalue weighted by Crippen LogP contribution is 2.32. The van der Waals surface area contributed by atoms with Gasteiger partial charge in [0, 0.05) is 18.7 Å². The van der Waals surface area contributed by atoms with Crippen molar-refractivity contribution in [2.24, 2.45) is 0 Å². The molecule has 0 atom stereocenters. The monoisotopic (exact) mass is 339 g/mol. The lowest BCUT2D eigenvalue weighted by Gasteiger charge is -2.20. The predicted octanol–water partition coefficient (Wildman–Crippen LogP) is 4.41. The summed E-state index contributed by atoms with van der Waals surface area (Å²) in [6.07, 6.45) is 0. The summed E-state index contributed by atoms with van der Waals surface area (Å²) in [7, 11) is 0. The zero-order valence-electron chi connectivity index (χ0n) is 10.9. The van der Waals surface area contributed by atoms with Gasteiger partial charge < -0.3 is 4.90 Å². The third-order valence-electron chi connectivity index (χ3n) is 2.89. The number of hydrogen-bond acceptors (Lipinski definition) is 3. The van der Waals surface area contributed by atoms with Crippen molar-refractivity contribution in [3.05, 3.63) is 40.0 Å². The van der Waals surface area contributed by atoms with Crippen LogP contribution in [0, 0.1) is 0 Å². The van der Waals surface area contributed by atoms with Crippen LogP contribution in [0.2, 0.25) is 5.15 Å². The molecule has 2 aromatic rings. The molecule has 100 valence electrons. The van der Waals surface area contributed by atoms with Crippen molar-refractivity contribution < 1.29 is 0 Å². The molecule has 1 aromatic heterocycles. The van der Waals surface area contributed by atoms with Crippen molar-refractivity contribution in [2.75, 3.05) is 18.0 Å². The van der Waals surface area contributed by atoms with Crippen LogP contribution in [0.5, 0.6) is 0 Å². The Balaban J connectivity index is 2.55. The minimum atomic E-state index is 0.441. The largest absolute Gasteiger partial charge is 0.341 e. The number of hydrogen-bond donors (Lipinski definition) is 0. The SMILES string of the molecule is CCN(CC)c1nc(Cl)c(Br)c(-c2ccccc2)n1. The minimum Gasteiger partial charge on any atom is -0.341 e. The fraction of sp³-hybridized carbons (Fsp3) is 0.286. The summed E-state index contributed by atoms with van der Waals surface area (Å²) in [5, 5.41) is 0.441. The number of aromatic nitrogens is 2. The molecule has 0 spiro atoms. The van der Waals surface area contributed by atoms with E-state index in [0.29, 0.717) is 11.1 Å². The molecule has 0 unspecified atom stereocenters. The van der Waals surface area contributed by atoms with Crippen LogP contribution in [-0.4, -0.2) is 23.1 Å². The van der Waals surface area contributed by atoms with Crippen LogP contribution in [0.15, 0.2) is 34.8 Å². The third kappa shape index (κ3) is 3.07. The second-order valence-electron chi connectivity index (χ2n) is 4.02. The van der Waals surface area contributed by atoms with E-state index < -0.39 is 0 Å². The van der Waals surface area contributed by atoms with Gasteiger partial charge in [0.2, 0.25) is 5.95 Å². The molecule has 0 radical (unpaired) electrons. The van der Waals surface area contributed by atoms with Crippen LogP contribution in [0.4, 0.5) is 5.95 Å². The Morgan fingerprint density at radius 2 is 1.74 bits per heavy atom. The lowest BCUT2D eigenvalue weighted by molar-refractivity contribution is 0.821. The van der Waals surface area contributed by atoms with Gasteiger partial charge in [0.25, 0.3) is 0 Å². The van der Waals surface area contributed by atoms with E-state index >= 15 is 0 Å². The molecule has 3 nitrogen and oxygen atoms in total. The van der Waals surface area contributed by atoms with Crippen molar-refractivity contribution in [1.29, 1.82) is 0 Å². The number of anilines is 1. The summed E-state index contributed by atoms with van der Waals surface area (Å²) in [6, 6.07) is 9.96. The van der Waals surface area contributed by atoms with E-state index in [-0.39, 0.29) is 0 Å². The highest BCUT2D eigenvalue weighted by atomic mass is 79.9. The van der Waals surface area contributed by atoms with Crippen molar-refractivity contribution in [2.45, 2.75) is 13.8 Å². The fourth-order valence-corrected chi connectivity index (χ4v) is 2.42. The molecule has 0 aliphatic heterocycles. The van der Waals surface area contributed by atoms with E-state index in [9.17, 15) is 0 Å². The Bertz CT molecular complexity index is 556. The van der Waals surface area contributed by atoms with E-state index in [1.807, 2.05) is 30.3 Å². The van der Waals surface area contributed by atoms with Gasteiger partial charge in [-0.1, -0.05) is 41.9 Å². The van der Waals surface area contributed by atoms with Gasteiger partial charge in [-0.2, -0.15) is 4.98 Å². The molecule has 19 heavy (non-hydrogen) atoms. The molecule has 5 heteroatoms. The number of halogens is 2. The average Bonchev–Trinajstić information content (AvgIpc) is 2.44. The lowest BCUT2D eigenvalue weighted by atomic mass is 10.1. The Labute approximate surface area is 126 Å². The molecule has 0 saturated heterocycles. The summed E-state index contributed by atoms with van der Waals surface area (Å²) in [4.78, 5) is 11.0. The second-order valence-corrected chi connectivity index (χ2v) is 5.17. The maximum atomic E-state index is 6.20. The van der Waals surface area contributed by atoms with Gasteiger partial charge in [0.15, 0.2) is 0 Å². The van der Waals surface area contributed by atoms with Gasteiger partial charge in [-0.25, -0.2) is 4.98 Å². The Hall–Kier alpha value is -1.13. The molecule has 0 bridgehead atoms. The first kappa shape index (κ1) is 14.3. The third-order valence-corrected chi connectivity index (χ3v) is 4.15. The molecule has 0 aliphatic rings. The number of nitrogens with zero attached hydrogens (tertiary/aromatic N) is 3. The van der Waals surface area contributed by atoms with Gasteiger partial charge in [-0.3, -0.25) is 0 Å². The van der Waals surface area contributed by atoms with Gasteiger partial charge in [-0.15, -0.1) is 0 Å². The molecule has 1 aromatic carbocycles.